The van der Waals surface area contributed by atoms with E-state index in [0.717, 1.165) is 12.1 Å². The van der Waals surface area contributed by atoms with E-state index in [2.05, 4.69) is 0 Å². The lowest BCUT2D eigenvalue weighted by Gasteiger charge is -2.15. The van der Waals surface area contributed by atoms with E-state index < -0.39 is 16.6 Å². The van der Waals surface area contributed by atoms with Crippen LogP contribution in [0.5, 0.6) is 0 Å². The van der Waals surface area contributed by atoms with E-state index in [9.17, 15) is 25.0 Å². The predicted octanol–water partition coefficient (Wildman–Crippen LogP) is 2.61. The molecule has 0 aliphatic carbocycles. The third kappa shape index (κ3) is 2.78. The van der Waals surface area contributed by atoms with Crippen LogP contribution < -0.4 is 4.43 Å². The van der Waals surface area contributed by atoms with Gasteiger partial charge >= 0.3 is 11.6 Å². The number of hydrogen-bond acceptors (Lipinski definition) is 6. The summed E-state index contributed by atoms with van der Waals surface area (Å²) < 4.78 is 5.81. The molecule has 0 spiro atoms. The van der Waals surface area contributed by atoms with Crippen LogP contribution in [-0.4, -0.2) is 15.4 Å². The Kier molecular flexibility index (Phi) is 3.89. The zero-order valence-corrected chi connectivity index (χ0v) is 12.9. The van der Waals surface area contributed by atoms with Crippen LogP contribution in [0.2, 0.25) is 0 Å². The predicted molar refractivity (Wildman–Crippen MR) is 87.5 cm³/mol. The van der Waals surface area contributed by atoms with Crippen LogP contribution in [0.15, 0.2) is 46.9 Å². The Morgan fingerprint density at radius 2 is 2.00 bits per heavy atom. The highest BCUT2D eigenvalue weighted by Gasteiger charge is 2.25. The van der Waals surface area contributed by atoms with E-state index in [1.165, 1.54) is 31.2 Å². The van der Waals surface area contributed by atoms with Crippen LogP contribution >= 0.6 is 0 Å². The van der Waals surface area contributed by atoms with E-state index in [4.69, 9.17) is 4.42 Å². The third-order valence-electron chi connectivity index (χ3n) is 3.59. The van der Waals surface area contributed by atoms with Gasteiger partial charge in [-0.25, -0.2) is 0 Å². The number of ketones is 1. The molecule has 0 aliphatic heterocycles. The minimum absolute atomic E-state index is 0.0474. The number of furan rings is 1. The van der Waals surface area contributed by atoms with Crippen molar-refractivity contribution < 1.29 is 18.6 Å². The molecule has 3 rings (SSSR count). The number of nitro groups is 1. The van der Waals surface area contributed by atoms with Crippen LogP contribution in [0.4, 0.5) is 5.88 Å². The number of benzene rings is 1. The fourth-order valence-corrected chi connectivity index (χ4v) is 2.40. The Morgan fingerprint density at radius 3 is 2.68 bits per heavy atom. The van der Waals surface area contributed by atoms with Gasteiger partial charge in [0.05, 0.1) is 16.2 Å². The van der Waals surface area contributed by atoms with Gasteiger partial charge in [-0.3, -0.25) is 14.9 Å². The summed E-state index contributed by atoms with van der Waals surface area (Å²) in [5.41, 5.74) is -0.162. The van der Waals surface area contributed by atoms with Gasteiger partial charge in [-0.15, -0.1) is 0 Å². The highest BCUT2D eigenvalue weighted by molar-refractivity contribution is 6.05. The molecule has 25 heavy (non-hydrogen) atoms. The van der Waals surface area contributed by atoms with Crippen LogP contribution in [0.1, 0.15) is 21.9 Å². The molecule has 2 heterocycles. The molecule has 0 saturated heterocycles. The maximum absolute atomic E-state index is 12.4. The molecular weight excluding hydrogens is 330 g/mol. The van der Waals surface area contributed by atoms with Gasteiger partial charge in [-0.1, -0.05) is 12.1 Å². The van der Waals surface area contributed by atoms with Crippen LogP contribution in [-0.2, 0) is 0 Å². The molecule has 1 aromatic carbocycles. The van der Waals surface area contributed by atoms with Crippen LogP contribution in [0.25, 0.3) is 17.1 Å². The van der Waals surface area contributed by atoms with Crippen molar-refractivity contribution in [3.63, 3.8) is 0 Å². The van der Waals surface area contributed by atoms with Gasteiger partial charge in [0.1, 0.15) is 16.2 Å². The van der Waals surface area contributed by atoms with Gasteiger partial charge < -0.3 is 14.4 Å². The minimum atomic E-state index is -0.720. The second-order valence-corrected chi connectivity index (χ2v) is 5.14. The van der Waals surface area contributed by atoms with Gasteiger partial charge in [0.25, 0.3) is 11.3 Å². The molecule has 2 aromatic heterocycles. The molecule has 0 radical (unpaired) electrons. The normalized spacial score (nSPS) is 11.2. The van der Waals surface area contributed by atoms with Crippen molar-refractivity contribution >= 4 is 28.8 Å². The molecule has 126 valence electrons. The highest BCUT2D eigenvalue weighted by atomic mass is 16.6. The molecular formula is C16H11N3O6. The Balaban J connectivity index is 2.03. The Hall–Kier alpha value is -3.75. The molecule has 0 saturated carbocycles. The number of rotatable bonds is 4. The fourth-order valence-electron chi connectivity index (χ4n) is 2.40. The van der Waals surface area contributed by atoms with Gasteiger partial charge in [-0.05, 0) is 31.2 Å². The summed E-state index contributed by atoms with van der Waals surface area (Å²) in [5, 5.41) is 22.8. The topological polar surface area (TPSA) is 124 Å². The van der Waals surface area contributed by atoms with E-state index in [-0.39, 0.29) is 28.2 Å². The summed E-state index contributed by atoms with van der Waals surface area (Å²) in [6.07, 6.45) is 2.22. The summed E-state index contributed by atoms with van der Waals surface area (Å²) in [6.45, 7) is 1.37. The number of allylic oxidation sites excluding steroid dienone is 1. The molecule has 0 fully saturated rings. The maximum atomic E-state index is 12.4. The maximum Gasteiger partial charge on any atom is 0.433 e. The van der Waals surface area contributed by atoms with Crippen molar-refractivity contribution in [2.24, 2.45) is 0 Å². The molecule has 9 nitrogen and oxygen atoms in total. The van der Waals surface area contributed by atoms with Crippen molar-refractivity contribution in [2.45, 2.75) is 6.92 Å². The molecule has 3 aromatic rings. The molecule has 0 atom stereocenters. The van der Waals surface area contributed by atoms with E-state index in [1.807, 2.05) is 0 Å². The van der Waals surface area contributed by atoms with E-state index >= 15 is 0 Å². The number of nitrogens with zero attached hydrogens (tertiary/aromatic N) is 3. The van der Waals surface area contributed by atoms with Crippen molar-refractivity contribution in [2.75, 3.05) is 0 Å². The first-order valence-electron chi connectivity index (χ1n) is 7.11. The number of aromatic nitrogens is 2. The van der Waals surface area contributed by atoms with Gasteiger partial charge in [0, 0.05) is 11.0 Å². The summed E-state index contributed by atoms with van der Waals surface area (Å²) in [6, 6.07) is 8.57. The lowest BCUT2D eigenvalue weighted by molar-refractivity contribution is -0.468. The Labute approximate surface area is 139 Å². The first kappa shape index (κ1) is 16.1. The molecule has 0 amide bonds. The van der Waals surface area contributed by atoms with Crippen molar-refractivity contribution in [1.82, 2.24) is 4.73 Å². The SMILES string of the molecule is Cc1c(C(=O)/C=C/c2ccc([N+](=O)[O-])o2)[n+](=O)c2ccccc2n1[O-]. The number of carbonyl (C=O) groups excluding carboxylic acids is 1. The number of para-hydroxylation sites is 2. The summed E-state index contributed by atoms with van der Waals surface area (Å²) >= 11 is 0. The smallest absolute Gasteiger partial charge is 0.433 e. The summed E-state index contributed by atoms with van der Waals surface area (Å²) in [4.78, 5) is 34.7. The van der Waals surface area contributed by atoms with Crippen LogP contribution in [0, 0.1) is 27.2 Å². The average molecular weight is 341 g/mol. The average Bonchev–Trinajstić information content (AvgIpc) is 3.07. The third-order valence-corrected chi connectivity index (χ3v) is 3.59. The van der Waals surface area contributed by atoms with Gasteiger partial charge in [0.2, 0.25) is 0 Å². The van der Waals surface area contributed by atoms with Gasteiger partial charge in [0.15, 0.2) is 0 Å². The lowest BCUT2D eigenvalue weighted by Crippen LogP contribution is -2.29. The number of fused-ring (bicyclic) bond motifs is 1. The van der Waals surface area contributed by atoms with Crippen molar-refractivity contribution in [3.05, 3.63) is 79.9 Å². The molecule has 0 aliphatic rings. The monoisotopic (exact) mass is 341 g/mol. The first-order chi connectivity index (χ1) is 11.9. The molecule has 0 bridgehead atoms. The second-order valence-electron chi connectivity index (χ2n) is 5.14. The van der Waals surface area contributed by atoms with Crippen LogP contribution in [0.3, 0.4) is 0 Å². The summed E-state index contributed by atoms with van der Waals surface area (Å²) in [7, 11) is 0. The quantitative estimate of drug-likeness (QED) is 0.236. The Bertz CT molecular complexity index is 1090. The first-order valence-corrected chi connectivity index (χ1v) is 7.11. The lowest BCUT2D eigenvalue weighted by atomic mass is 10.2. The van der Waals surface area contributed by atoms with E-state index in [1.54, 1.807) is 12.1 Å². The zero-order valence-electron chi connectivity index (χ0n) is 12.9. The Morgan fingerprint density at radius 1 is 1.28 bits per heavy atom. The fraction of sp³-hybridized carbons (Fsp3) is 0.0625. The molecule has 0 unspecified atom stereocenters. The minimum Gasteiger partial charge on any atom is -0.805 e. The number of hydrogen-bond donors (Lipinski definition) is 0. The van der Waals surface area contributed by atoms with Crippen molar-refractivity contribution in [3.8, 4) is 0 Å². The van der Waals surface area contributed by atoms with E-state index in [0.29, 0.717) is 9.16 Å². The van der Waals surface area contributed by atoms with Crippen molar-refractivity contribution in [1.29, 1.82) is 0 Å². The molecule has 0 N–H and O–H groups in total. The largest absolute Gasteiger partial charge is 0.805 e. The number of carbonyl (C=O) groups is 1. The standard InChI is InChI=1S/C16H11N3O6/c1-10-16(18(22)13-5-3-2-4-12(13)17(10)21)14(20)8-6-11-7-9-15(25-11)19(23)24/h2-9H,1H3/b8-6+. The summed E-state index contributed by atoms with van der Waals surface area (Å²) in [5.74, 6) is -1.11. The molecule has 9 heteroatoms. The van der Waals surface area contributed by atoms with Gasteiger partial charge in [-0.2, -0.15) is 0 Å². The zero-order chi connectivity index (χ0) is 18.1. The second kappa shape index (κ2) is 6.04. The highest BCUT2D eigenvalue weighted by Crippen LogP contribution is 2.18.